The molecule has 0 saturated carbocycles. The van der Waals surface area contributed by atoms with Crippen molar-refractivity contribution in [2.45, 2.75) is 30.8 Å². The average molecular weight is 305 g/mol. The predicted molar refractivity (Wildman–Crippen MR) is 88.2 cm³/mol. The van der Waals surface area contributed by atoms with Crippen LogP contribution in [0, 0.1) is 5.92 Å². The number of hydrogen-bond acceptors (Lipinski definition) is 3. The molecule has 0 spiro atoms. The molecule has 1 aromatic carbocycles. The quantitative estimate of drug-likeness (QED) is 0.686. The summed E-state index contributed by atoms with van der Waals surface area (Å²) in [6.45, 7) is 3.31. The Labute approximate surface area is 131 Å². The zero-order chi connectivity index (χ0) is 15.2. The molecule has 0 radical (unpaired) electrons. The standard InChI is InChI=1S/C17H23NO2S/c1-13(19)15-9-11-18(12-10-15)17(20)8-5-14-3-6-16(21-2)7-4-14/h3-8,13,15,19H,9-12H2,1-2H3. The minimum absolute atomic E-state index is 0.0629. The Bertz CT molecular complexity index is 488. The molecular formula is C17H23NO2S. The van der Waals surface area contributed by atoms with Crippen LogP contribution in [0.1, 0.15) is 25.3 Å². The van der Waals surface area contributed by atoms with Crippen molar-refractivity contribution in [3.05, 3.63) is 35.9 Å². The van der Waals surface area contributed by atoms with Crippen LogP contribution in [0.2, 0.25) is 0 Å². The zero-order valence-electron chi connectivity index (χ0n) is 12.7. The van der Waals surface area contributed by atoms with E-state index < -0.39 is 0 Å². The molecule has 1 aromatic rings. The maximum atomic E-state index is 12.1. The number of nitrogens with zero attached hydrogens (tertiary/aromatic N) is 1. The largest absolute Gasteiger partial charge is 0.393 e. The first-order valence-corrected chi connectivity index (χ1v) is 8.61. The van der Waals surface area contributed by atoms with Crippen LogP contribution in [-0.4, -0.2) is 41.4 Å². The third-order valence-corrected chi connectivity index (χ3v) is 4.81. The van der Waals surface area contributed by atoms with Gasteiger partial charge in [0.1, 0.15) is 0 Å². The number of carbonyl (C=O) groups is 1. The minimum Gasteiger partial charge on any atom is -0.393 e. The van der Waals surface area contributed by atoms with Crippen molar-refractivity contribution in [1.29, 1.82) is 0 Å². The van der Waals surface area contributed by atoms with Gasteiger partial charge in [0.05, 0.1) is 6.10 Å². The van der Waals surface area contributed by atoms with Gasteiger partial charge in [0.25, 0.3) is 0 Å². The average Bonchev–Trinajstić information content (AvgIpc) is 2.53. The molecule has 0 aliphatic carbocycles. The van der Waals surface area contributed by atoms with Gasteiger partial charge < -0.3 is 10.0 Å². The summed E-state index contributed by atoms with van der Waals surface area (Å²) in [6.07, 6.45) is 7.07. The van der Waals surface area contributed by atoms with Crippen molar-refractivity contribution in [3.8, 4) is 0 Å². The van der Waals surface area contributed by atoms with Gasteiger partial charge in [-0.15, -0.1) is 11.8 Å². The Balaban J connectivity index is 1.87. The Morgan fingerprint density at radius 1 is 1.33 bits per heavy atom. The fourth-order valence-corrected chi connectivity index (χ4v) is 3.00. The molecule has 1 saturated heterocycles. The number of piperidine rings is 1. The van der Waals surface area contributed by atoms with E-state index in [1.54, 1.807) is 17.8 Å². The number of amides is 1. The SMILES string of the molecule is CSc1ccc(C=CC(=O)N2CCC(C(C)O)CC2)cc1. The molecule has 1 unspecified atom stereocenters. The predicted octanol–water partition coefficient (Wildman–Crippen LogP) is 3.04. The summed E-state index contributed by atoms with van der Waals surface area (Å²) in [4.78, 5) is 15.2. The number of aliphatic hydroxyl groups excluding tert-OH is 1. The second-order valence-electron chi connectivity index (χ2n) is 5.51. The molecular weight excluding hydrogens is 282 g/mol. The number of thioether (sulfide) groups is 1. The molecule has 0 aromatic heterocycles. The van der Waals surface area contributed by atoms with Gasteiger partial charge in [0.2, 0.25) is 5.91 Å². The van der Waals surface area contributed by atoms with Gasteiger partial charge in [0.15, 0.2) is 0 Å². The lowest BCUT2D eigenvalue weighted by molar-refractivity contribution is -0.127. The molecule has 3 nitrogen and oxygen atoms in total. The summed E-state index contributed by atoms with van der Waals surface area (Å²) in [5.74, 6) is 0.394. The van der Waals surface area contributed by atoms with Gasteiger partial charge >= 0.3 is 0 Å². The van der Waals surface area contributed by atoms with E-state index in [2.05, 4.69) is 12.1 Å². The molecule has 1 fully saturated rings. The van der Waals surface area contributed by atoms with Crippen LogP contribution in [0.25, 0.3) is 6.08 Å². The molecule has 2 rings (SSSR count). The van der Waals surface area contributed by atoms with Crippen LogP contribution in [-0.2, 0) is 4.79 Å². The van der Waals surface area contributed by atoms with E-state index in [0.29, 0.717) is 5.92 Å². The summed E-state index contributed by atoms with van der Waals surface area (Å²) >= 11 is 1.71. The van der Waals surface area contributed by atoms with Crippen LogP contribution in [0.3, 0.4) is 0 Å². The number of hydrogen-bond donors (Lipinski definition) is 1. The van der Waals surface area contributed by atoms with E-state index in [-0.39, 0.29) is 12.0 Å². The Kier molecular flexibility index (Phi) is 5.88. The number of rotatable bonds is 4. The number of benzene rings is 1. The third kappa shape index (κ3) is 4.61. The highest BCUT2D eigenvalue weighted by Gasteiger charge is 2.24. The maximum absolute atomic E-state index is 12.1. The first kappa shape index (κ1) is 16.1. The lowest BCUT2D eigenvalue weighted by Gasteiger charge is -2.32. The molecule has 1 atom stereocenters. The summed E-state index contributed by atoms with van der Waals surface area (Å²) in [7, 11) is 0. The van der Waals surface area contributed by atoms with E-state index in [4.69, 9.17) is 0 Å². The fraction of sp³-hybridized carbons (Fsp3) is 0.471. The van der Waals surface area contributed by atoms with Gasteiger partial charge in [-0.05, 0) is 55.7 Å². The molecule has 0 bridgehead atoms. The monoisotopic (exact) mass is 305 g/mol. The summed E-state index contributed by atoms with van der Waals surface area (Å²) in [5.41, 5.74) is 1.04. The lowest BCUT2D eigenvalue weighted by Crippen LogP contribution is -2.39. The van der Waals surface area contributed by atoms with Gasteiger partial charge in [0, 0.05) is 24.1 Å². The van der Waals surface area contributed by atoms with Crippen molar-refractivity contribution >= 4 is 23.7 Å². The van der Waals surface area contributed by atoms with Crippen molar-refractivity contribution in [3.63, 3.8) is 0 Å². The second-order valence-corrected chi connectivity index (χ2v) is 6.39. The van der Waals surface area contributed by atoms with Crippen molar-refractivity contribution in [2.75, 3.05) is 19.3 Å². The van der Waals surface area contributed by atoms with E-state index in [1.807, 2.05) is 36.3 Å². The first-order valence-electron chi connectivity index (χ1n) is 7.39. The van der Waals surface area contributed by atoms with Crippen LogP contribution >= 0.6 is 11.8 Å². The molecule has 1 N–H and O–H groups in total. The molecule has 114 valence electrons. The Morgan fingerprint density at radius 2 is 1.95 bits per heavy atom. The van der Waals surface area contributed by atoms with Crippen LogP contribution in [0.15, 0.2) is 35.2 Å². The molecule has 1 heterocycles. The van der Waals surface area contributed by atoms with Crippen LogP contribution < -0.4 is 0 Å². The highest BCUT2D eigenvalue weighted by Crippen LogP contribution is 2.21. The molecule has 1 amide bonds. The van der Waals surface area contributed by atoms with E-state index >= 15 is 0 Å². The smallest absolute Gasteiger partial charge is 0.246 e. The molecule has 21 heavy (non-hydrogen) atoms. The van der Waals surface area contributed by atoms with Gasteiger partial charge in [-0.2, -0.15) is 0 Å². The van der Waals surface area contributed by atoms with Crippen LogP contribution in [0.4, 0.5) is 0 Å². The topological polar surface area (TPSA) is 40.5 Å². The minimum atomic E-state index is -0.271. The molecule has 4 heteroatoms. The summed E-state index contributed by atoms with van der Waals surface area (Å²) in [6, 6.07) is 8.16. The van der Waals surface area contributed by atoms with Gasteiger partial charge in [-0.3, -0.25) is 4.79 Å². The number of likely N-dealkylation sites (tertiary alicyclic amines) is 1. The van der Waals surface area contributed by atoms with E-state index in [1.165, 1.54) is 4.90 Å². The number of carbonyl (C=O) groups excluding carboxylic acids is 1. The fourth-order valence-electron chi connectivity index (χ4n) is 2.59. The highest BCUT2D eigenvalue weighted by atomic mass is 32.2. The second kappa shape index (κ2) is 7.66. The summed E-state index contributed by atoms with van der Waals surface area (Å²) in [5, 5.41) is 9.58. The van der Waals surface area contributed by atoms with E-state index in [9.17, 15) is 9.90 Å². The first-order chi connectivity index (χ1) is 10.1. The summed E-state index contributed by atoms with van der Waals surface area (Å²) < 4.78 is 0. The van der Waals surface area contributed by atoms with Gasteiger partial charge in [-0.1, -0.05) is 12.1 Å². The van der Waals surface area contributed by atoms with E-state index in [0.717, 1.165) is 31.5 Å². The molecule has 1 aliphatic heterocycles. The van der Waals surface area contributed by atoms with Crippen molar-refractivity contribution in [1.82, 2.24) is 4.90 Å². The number of aliphatic hydroxyl groups is 1. The third-order valence-electron chi connectivity index (χ3n) is 4.07. The maximum Gasteiger partial charge on any atom is 0.246 e. The normalized spacial score (nSPS) is 18.1. The van der Waals surface area contributed by atoms with Gasteiger partial charge in [-0.25, -0.2) is 0 Å². The van der Waals surface area contributed by atoms with Crippen LogP contribution in [0.5, 0.6) is 0 Å². The highest BCUT2D eigenvalue weighted by molar-refractivity contribution is 7.98. The molecule has 1 aliphatic rings. The van der Waals surface area contributed by atoms with Crippen molar-refractivity contribution in [2.24, 2.45) is 5.92 Å². The lowest BCUT2D eigenvalue weighted by atomic mass is 9.92. The zero-order valence-corrected chi connectivity index (χ0v) is 13.5. The Hall–Kier alpha value is -1.26. The Morgan fingerprint density at radius 3 is 2.48 bits per heavy atom. The van der Waals surface area contributed by atoms with Crippen molar-refractivity contribution < 1.29 is 9.90 Å².